The van der Waals surface area contributed by atoms with Crippen LogP contribution in [0.1, 0.15) is 48.1 Å². The van der Waals surface area contributed by atoms with E-state index in [1.54, 1.807) is 0 Å². The molecule has 0 radical (unpaired) electrons. The lowest BCUT2D eigenvalue weighted by Gasteiger charge is -2.17. The van der Waals surface area contributed by atoms with E-state index < -0.39 is 0 Å². The first-order chi connectivity index (χ1) is 8.95. The zero-order valence-corrected chi connectivity index (χ0v) is 13.7. The van der Waals surface area contributed by atoms with Crippen molar-refractivity contribution in [1.82, 2.24) is 9.47 Å². The molecule has 1 aromatic rings. The van der Waals surface area contributed by atoms with Crippen molar-refractivity contribution < 1.29 is 4.79 Å². The molecule has 1 saturated heterocycles. The molecule has 1 aromatic heterocycles. The van der Waals surface area contributed by atoms with Gasteiger partial charge in [-0.2, -0.15) is 0 Å². The van der Waals surface area contributed by atoms with Gasteiger partial charge in [0, 0.05) is 30.5 Å². The molecule has 0 aromatic carbocycles. The van der Waals surface area contributed by atoms with Gasteiger partial charge in [0.05, 0.1) is 5.56 Å². The molecule has 0 bridgehead atoms. The number of carbonyl (C=O) groups is 1. The first kappa shape index (κ1) is 17.1. The average Bonchev–Trinajstić information content (AvgIpc) is 2.93. The number of amides is 1. The van der Waals surface area contributed by atoms with Crippen LogP contribution in [-0.4, -0.2) is 35.0 Å². The number of hydrogen-bond acceptors (Lipinski definition) is 2. The van der Waals surface area contributed by atoms with Gasteiger partial charge in [0.1, 0.15) is 0 Å². The second kappa shape index (κ2) is 6.64. The van der Waals surface area contributed by atoms with E-state index in [-0.39, 0.29) is 18.3 Å². The van der Waals surface area contributed by atoms with Crippen molar-refractivity contribution in [3.8, 4) is 0 Å². The Bertz CT molecular complexity index is 482. The van der Waals surface area contributed by atoms with Gasteiger partial charge < -0.3 is 15.2 Å². The number of nitrogens with two attached hydrogens (primary N) is 1. The second-order valence-electron chi connectivity index (χ2n) is 5.89. The summed E-state index contributed by atoms with van der Waals surface area (Å²) in [4.78, 5) is 14.5. The number of aryl methyl sites for hydroxylation is 1. The molecule has 1 amide bonds. The highest BCUT2D eigenvalue weighted by Crippen LogP contribution is 2.24. The van der Waals surface area contributed by atoms with E-state index in [0.717, 1.165) is 36.5 Å². The largest absolute Gasteiger partial charge is 0.346 e. The maximum atomic E-state index is 12.6. The first-order valence-corrected chi connectivity index (χ1v) is 7.13. The number of rotatable bonds is 3. The molecule has 1 aliphatic heterocycles. The summed E-state index contributed by atoms with van der Waals surface area (Å²) >= 11 is 0. The minimum absolute atomic E-state index is 0. The Morgan fingerprint density at radius 1 is 1.45 bits per heavy atom. The molecule has 2 heterocycles. The van der Waals surface area contributed by atoms with Crippen LogP contribution in [0, 0.1) is 19.8 Å². The molecule has 1 aliphatic rings. The molecular weight excluding hydrogens is 274 g/mol. The molecule has 1 fully saturated rings. The van der Waals surface area contributed by atoms with E-state index in [1.165, 1.54) is 0 Å². The fourth-order valence-corrected chi connectivity index (χ4v) is 3.17. The minimum atomic E-state index is 0. The average molecular weight is 300 g/mol. The summed E-state index contributed by atoms with van der Waals surface area (Å²) in [5, 5.41) is 0. The highest BCUT2D eigenvalue weighted by molar-refractivity contribution is 5.96. The highest BCUT2D eigenvalue weighted by atomic mass is 35.5. The Labute approximate surface area is 127 Å². The van der Waals surface area contributed by atoms with Crippen molar-refractivity contribution in [2.45, 2.75) is 40.2 Å². The Balaban J connectivity index is 0.00000200. The lowest BCUT2D eigenvalue weighted by atomic mass is 10.1. The van der Waals surface area contributed by atoms with Crippen LogP contribution >= 0.6 is 12.4 Å². The van der Waals surface area contributed by atoms with Gasteiger partial charge in [0.2, 0.25) is 0 Å². The number of halogens is 1. The van der Waals surface area contributed by atoms with Crippen LogP contribution in [-0.2, 0) is 0 Å². The Hall–Kier alpha value is -1.000. The molecule has 20 heavy (non-hydrogen) atoms. The van der Waals surface area contributed by atoms with Crippen LogP contribution in [0.4, 0.5) is 0 Å². The van der Waals surface area contributed by atoms with Crippen LogP contribution < -0.4 is 5.73 Å². The fourth-order valence-electron chi connectivity index (χ4n) is 3.17. The Morgan fingerprint density at radius 2 is 2.10 bits per heavy atom. The van der Waals surface area contributed by atoms with Crippen molar-refractivity contribution in [2.75, 3.05) is 19.6 Å². The molecule has 114 valence electrons. The lowest BCUT2D eigenvalue weighted by Crippen LogP contribution is -2.30. The molecule has 0 saturated carbocycles. The SMILES string of the molecule is Cc1cc(C(=O)N2CCC(CN)C2)c(C)n1C(C)C.Cl. The zero-order valence-electron chi connectivity index (χ0n) is 12.8. The first-order valence-electron chi connectivity index (χ1n) is 7.13. The smallest absolute Gasteiger partial charge is 0.255 e. The highest BCUT2D eigenvalue weighted by Gasteiger charge is 2.28. The lowest BCUT2D eigenvalue weighted by molar-refractivity contribution is 0.0787. The summed E-state index contributed by atoms with van der Waals surface area (Å²) in [6, 6.07) is 2.41. The van der Waals surface area contributed by atoms with E-state index >= 15 is 0 Å². The van der Waals surface area contributed by atoms with Crippen molar-refractivity contribution >= 4 is 18.3 Å². The molecule has 1 unspecified atom stereocenters. The third-order valence-corrected chi connectivity index (χ3v) is 4.14. The summed E-state index contributed by atoms with van der Waals surface area (Å²) in [6.07, 6.45) is 1.03. The van der Waals surface area contributed by atoms with E-state index in [4.69, 9.17) is 5.73 Å². The van der Waals surface area contributed by atoms with E-state index in [9.17, 15) is 4.79 Å². The molecule has 2 N–H and O–H groups in total. The number of hydrogen-bond donors (Lipinski definition) is 1. The van der Waals surface area contributed by atoms with E-state index in [2.05, 4.69) is 25.3 Å². The summed E-state index contributed by atoms with van der Waals surface area (Å²) in [7, 11) is 0. The quantitative estimate of drug-likeness (QED) is 0.932. The van der Waals surface area contributed by atoms with Gasteiger partial charge in [0.15, 0.2) is 0 Å². The van der Waals surface area contributed by atoms with Gasteiger partial charge in [-0.25, -0.2) is 0 Å². The number of aromatic nitrogens is 1. The van der Waals surface area contributed by atoms with Gasteiger partial charge in [-0.05, 0) is 52.6 Å². The van der Waals surface area contributed by atoms with Gasteiger partial charge in [-0.15, -0.1) is 12.4 Å². The minimum Gasteiger partial charge on any atom is -0.346 e. The summed E-state index contributed by atoms with van der Waals surface area (Å²) < 4.78 is 2.23. The maximum absolute atomic E-state index is 12.6. The second-order valence-corrected chi connectivity index (χ2v) is 5.89. The standard InChI is InChI=1S/C15H25N3O.ClH/c1-10(2)18-11(3)7-14(12(18)4)15(19)17-6-5-13(8-16)9-17;/h7,10,13H,5-6,8-9,16H2,1-4H3;1H. The van der Waals surface area contributed by atoms with Gasteiger partial charge in [-0.1, -0.05) is 0 Å². The van der Waals surface area contributed by atoms with Crippen molar-refractivity contribution in [3.05, 3.63) is 23.0 Å². The predicted octanol–water partition coefficient (Wildman–Crippen LogP) is 2.53. The van der Waals surface area contributed by atoms with Gasteiger partial charge in [-0.3, -0.25) is 4.79 Å². The van der Waals surface area contributed by atoms with E-state index in [1.807, 2.05) is 17.9 Å². The third kappa shape index (κ3) is 3.01. The number of likely N-dealkylation sites (tertiary alicyclic amines) is 1. The van der Waals surface area contributed by atoms with Gasteiger partial charge >= 0.3 is 0 Å². The molecule has 5 heteroatoms. The van der Waals surface area contributed by atoms with Crippen molar-refractivity contribution in [2.24, 2.45) is 11.7 Å². The molecule has 1 atom stereocenters. The third-order valence-electron chi connectivity index (χ3n) is 4.14. The Morgan fingerprint density at radius 3 is 2.55 bits per heavy atom. The van der Waals surface area contributed by atoms with Gasteiger partial charge in [0.25, 0.3) is 5.91 Å². The fraction of sp³-hybridized carbons (Fsp3) is 0.667. The zero-order chi connectivity index (χ0) is 14.2. The normalized spacial score (nSPS) is 18.5. The predicted molar refractivity (Wildman–Crippen MR) is 84.6 cm³/mol. The van der Waals surface area contributed by atoms with Crippen LogP contribution in [0.5, 0.6) is 0 Å². The number of nitrogens with zero attached hydrogens (tertiary/aromatic N) is 2. The van der Waals surface area contributed by atoms with E-state index in [0.29, 0.717) is 18.5 Å². The topological polar surface area (TPSA) is 51.3 Å². The van der Waals surface area contributed by atoms with Crippen LogP contribution in [0.3, 0.4) is 0 Å². The molecule has 2 rings (SSSR count). The number of carbonyl (C=O) groups excluding carboxylic acids is 1. The molecule has 4 nitrogen and oxygen atoms in total. The maximum Gasteiger partial charge on any atom is 0.255 e. The Kier molecular flexibility index (Phi) is 5.66. The summed E-state index contributed by atoms with van der Waals surface area (Å²) in [6.45, 7) is 10.7. The van der Waals surface area contributed by atoms with Crippen LogP contribution in [0.2, 0.25) is 0 Å². The molecular formula is C15H26ClN3O. The molecule has 0 aliphatic carbocycles. The summed E-state index contributed by atoms with van der Waals surface area (Å²) in [5.41, 5.74) is 8.78. The summed E-state index contributed by atoms with van der Waals surface area (Å²) in [5.74, 6) is 0.633. The van der Waals surface area contributed by atoms with Crippen LogP contribution in [0.25, 0.3) is 0 Å². The van der Waals surface area contributed by atoms with Crippen LogP contribution in [0.15, 0.2) is 6.07 Å². The molecule has 0 spiro atoms. The van der Waals surface area contributed by atoms with Crippen molar-refractivity contribution in [3.63, 3.8) is 0 Å². The monoisotopic (exact) mass is 299 g/mol. The van der Waals surface area contributed by atoms with Crippen molar-refractivity contribution in [1.29, 1.82) is 0 Å².